The van der Waals surface area contributed by atoms with E-state index in [0.29, 0.717) is 0 Å². The highest BCUT2D eigenvalue weighted by atomic mass is 16.5. The van der Waals surface area contributed by atoms with Crippen molar-refractivity contribution in [3.8, 4) is 0 Å². The molecule has 0 unspecified atom stereocenters. The first-order valence-electron chi connectivity index (χ1n) is 8.68. The van der Waals surface area contributed by atoms with Crippen LogP contribution in [0.25, 0.3) is 0 Å². The number of allylic oxidation sites excluding steroid dienone is 2. The molecule has 5 nitrogen and oxygen atoms in total. The number of hydrogen-bond donors (Lipinski definition) is 1. The van der Waals surface area contributed by atoms with E-state index in [1.807, 2.05) is 19.9 Å². The van der Waals surface area contributed by atoms with Crippen molar-refractivity contribution in [1.29, 1.82) is 0 Å². The van der Waals surface area contributed by atoms with Gasteiger partial charge in [0.1, 0.15) is 6.61 Å². The molecule has 0 saturated carbocycles. The van der Waals surface area contributed by atoms with E-state index in [-0.39, 0.29) is 5.91 Å². The molecule has 0 aromatic rings. The van der Waals surface area contributed by atoms with Crippen LogP contribution in [0.2, 0.25) is 0 Å². The lowest BCUT2D eigenvalue weighted by molar-refractivity contribution is -0.116. The fraction of sp³-hybridized carbons (Fsp3) is 0.722. The summed E-state index contributed by atoms with van der Waals surface area (Å²) in [5.74, 6) is 1.15. The number of amides is 1. The molecule has 1 saturated heterocycles. The molecule has 0 spiro atoms. The van der Waals surface area contributed by atoms with E-state index < -0.39 is 0 Å². The third kappa shape index (κ3) is 9.41. The van der Waals surface area contributed by atoms with E-state index in [1.54, 1.807) is 6.08 Å². The molecule has 0 radical (unpaired) electrons. The van der Waals surface area contributed by atoms with E-state index in [9.17, 15) is 4.79 Å². The van der Waals surface area contributed by atoms with Crippen molar-refractivity contribution < 1.29 is 14.3 Å². The lowest BCUT2D eigenvalue weighted by atomic mass is 10.1. The maximum atomic E-state index is 10.5. The van der Waals surface area contributed by atoms with Gasteiger partial charge in [-0.05, 0) is 32.8 Å². The summed E-state index contributed by atoms with van der Waals surface area (Å²) in [7, 11) is 0. The largest absolute Gasteiger partial charge is 0.497 e. The minimum atomic E-state index is 0.0498. The highest BCUT2D eigenvalue weighted by Crippen LogP contribution is 2.04. The van der Waals surface area contributed by atoms with E-state index >= 15 is 0 Å². The molecule has 23 heavy (non-hydrogen) atoms. The van der Waals surface area contributed by atoms with Gasteiger partial charge in [0.15, 0.2) is 0 Å². The van der Waals surface area contributed by atoms with Gasteiger partial charge in [-0.25, -0.2) is 0 Å². The number of nitrogens with one attached hydrogen (secondary N) is 1. The summed E-state index contributed by atoms with van der Waals surface area (Å²) in [5.41, 5.74) is 1.17. The number of hydrogen-bond acceptors (Lipinski definition) is 4. The molecular weight excluding hydrogens is 292 g/mol. The molecule has 0 aromatic carbocycles. The lowest BCUT2D eigenvalue weighted by Gasteiger charge is -2.19. The summed E-state index contributed by atoms with van der Waals surface area (Å²) in [6.45, 7) is 12.7. The van der Waals surface area contributed by atoms with Crippen molar-refractivity contribution in [2.75, 3.05) is 46.0 Å². The number of rotatable bonds is 5. The van der Waals surface area contributed by atoms with Crippen LogP contribution in [-0.4, -0.2) is 56.8 Å². The molecule has 0 aromatic heterocycles. The normalized spacial score (nSPS) is 19.9. The average molecular weight is 324 g/mol. The fourth-order valence-electron chi connectivity index (χ4n) is 2.45. The smallest absolute Gasteiger partial charge is 0.243 e. The Balaban J connectivity index is 0.000000277. The van der Waals surface area contributed by atoms with Gasteiger partial charge in [-0.1, -0.05) is 12.5 Å². The van der Waals surface area contributed by atoms with Gasteiger partial charge in [0.2, 0.25) is 5.91 Å². The highest BCUT2D eigenvalue weighted by molar-refractivity contribution is 5.88. The lowest BCUT2D eigenvalue weighted by Crippen LogP contribution is -2.29. The van der Waals surface area contributed by atoms with Crippen molar-refractivity contribution in [3.63, 3.8) is 0 Å². The van der Waals surface area contributed by atoms with Crippen LogP contribution in [0.1, 0.15) is 40.0 Å². The summed E-state index contributed by atoms with van der Waals surface area (Å²) in [4.78, 5) is 12.9. The van der Waals surface area contributed by atoms with Gasteiger partial charge in [0, 0.05) is 45.3 Å². The maximum Gasteiger partial charge on any atom is 0.243 e. The average Bonchev–Trinajstić information content (AvgIpc) is 2.81. The number of carbonyl (C=O) groups is 1. The van der Waals surface area contributed by atoms with Gasteiger partial charge in [0.05, 0.1) is 12.4 Å². The fourth-order valence-corrected chi connectivity index (χ4v) is 2.45. The predicted molar refractivity (Wildman–Crippen MR) is 93.3 cm³/mol. The Bertz CT molecular complexity index is 397. The Morgan fingerprint density at radius 3 is 2.87 bits per heavy atom. The molecular formula is C18H32N2O3. The Morgan fingerprint density at radius 2 is 2.26 bits per heavy atom. The van der Waals surface area contributed by atoms with Gasteiger partial charge in [-0.3, -0.25) is 9.69 Å². The van der Waals surface area contributed by atoms with Crippen LogP contribution in [0.4, 0.5) is 0 Å². The number of ether oxygens (including phenoxy) is 2. The van der Waals surface area contributed by atoms with Gasteiger partial charge < -0.3 is 14.8 Å². The van der Waals surface area contributed by atoms with Crippen molar-refractivity contribution in [2.45, 2.75) is 40.0 Å². The molecule has 1 N–H and O–H groups in total. The Labute approximate surface area is 140 Å². The molecule has 2 aliphatic heterocycles. The van der Waals surface area contributed by atoms with Crippen LogP contribution in [-0.2, 0) is 14.3 Å². The molecule has 5 heteroatoms. The zero-order chi connectivity index (χ0) is 16.9. The van der Waals surface area contributed by atoms with E-state index in [1.165, 1.54) is 5.57 Å². The Hall–Kier alpha value is -1.33. The van der Waals surface area contributed by atoms with Crippen molar-refractivity contribution in [2.24, 2.45) is 0 Å². The van der Waals surface area contributed by atoms with Gasteiger partial charge in [-0.15, -0.1) is 0 Å². The number of carbonyl (C=O) groups excluding carboxylic acids is 1. The third-order valence-electron chi connectivity index (χ3n) is 3.88. The monoisotopic (exact) mass is 324 g/mol. The Morgan fingerprint density at radius 1 is 1.43 bits per heavy atom. The van der Waals surface area contributed by atoms with Gasteiger partial charge in [-0.2, -0.15) is 0 Å². The first-order chi connectivity index (χ1) is 11.2. The predicted octanol–water partition coefficient (Wildman–Crippen LogP) is 2.49. The summed E-state index contributed by atoms with van der Waals surface area (Å²) < 4.78 is 11.1. The van der Waals surface area contributed by atoms with E-state index in [4.69, 9.17) is 9.47 Å². The van der Waals surface area contributed by atoms with E-state index in [2.05, 4.69) is 17.1 Å². The number of nitrogens with zero attached hydrogens (tertiary/aromatic N) is 1. The van der Waals surface area contributed by atoms with Crippen LogP contribution in [0.5, 0.6) is 0 Å². The standard InChI is InChI=1S/C12H23NO2.C6H9NO/c1-3-12(4-2)15-11-8-13-6-5-9-14-10-7-13;1-5-2-3-7-6(8)4-5/h3H,4-11H2,1-2H3;4H,2-3H2,1H3,(H,7,8)/b12-3+;. The van der Waals surface area contributed by atoms with Crippen LogP contribution >= 0.6 is 0 Å². The summed E-state index contributed by atoms with van der Waals surface area (Å²) >= 11 is 0. The maximum absolute atomic E-state index is 10.5. The van der Waals surface area contributed by atoms with E-state index in [0.717, 1.165) is 71.0 Å². The minimum Gasteiger partial charge on any atom is -0.497 e. The van der Waals surface area contributed by atoms with Crippen LogP contribution in [0, 0.1) is 0 Å². The molecule has 1 amide bonds. The quantitative estimate of drug-likeness (QED) is 0.790. The summed E-state index contributed by atoms with van der Waals surface area (Å²) in [5, 5.41) is 2.70. The molecule has 2 heterocycles. The molecule has 0 atom stereocenters. The molecule has 0 aliphatic carbocycles. The van der Waals surface area contributed by atoms with Crippen molar-refractivity contribution in [1.82, 2.24) is 10.2 Å². The van der Waals surface area contributed by atoms with Crippen LogP contribution < -0.4 is 5.32 Å². The van der Waals surface area contributed by atoms with Gasteiger partial charge in [0.25, 0.3) is 0 Å². The zero-order valence-electron chi connectivity index (χ0n) is 14.9. The van der Waals surface area contributed by atoms with Crippen molar-refractivity contribution >= 4 is 5.91 Å². The second-order valence-electron chi connectivity index (χ2n) is 5.80. The minimum absolute atomic E-state index is 0.0498. The highest BCUT2D eigenvalue weighted by Gasteiger charge is 2.08. The SMILES string of the molecule is C/C=C(\CC)OCCN1CCCOCC1.CC1=CC(=O)NCC1. The van der Waals surface area contributed by atoms with Crippen LogP contribution in [0.3, 0.4) is 0 Å². The molecule has 1 fully saturated rings. The Kier molecular flexibility index (Phi) is 10.4. The molecule has 0 bridgehead atoms. The second kappa shape index (κ2) is 12.1. The third-order valence-corrected chi connectivity index (χ3v) is 3.88. The topological polar surface area (TPSA) is 50.8 Å². The first-order valence-corrected chi connectivity index (χ1v) is 8.68. The first kappa shape index (κ1) is 19.7. The van der Waals surface area contributed by atoms with Crippen LogP contribution in [0.15, 0.2) is 23.5 Å². The molecule has 132 valence electrons. The summed E-state index contributed by atoms with van der Waals surface area (Å²) in [6, 6.07) is 0. The summed E-state index contributed by atoms with van der Waals surface area (Å²) in [6.07, 6.45) is 6.82. The molecule has 2 aliphatic rings. The second-order valence-corrected chi connectivity index (χ2v) is 5.80. The zero-order valence-corrected chi connectivity index (χ0v) is 14.9. The van der Waals surface area contributed by atoms with Crippen molar-refractivity contribution in [3.05, 3.63) is 23.5 Å². The van der Waals surface area contributed by atoms with Gasteiger partial charge >= 0.3 is 0 Å². The molecule has 2 rings (SSSR count).